The molecule has 158 valence electrons. The first-order valence-corrected chi connectivity index (χ1v) is 9.17. The summed E-state index contributed by atoms with van der Waals surface area (Å²) in [5.41, 5.74) is 1.15. The quantitative estimate of drug-likeness (QED) is 0.486. The smallest absolute Gasteiger partial charge is 0.176 e. The average molecular weight is 412 g/mol. The summed E-state index contributed by atoms with van der Waals surface area (Å²) in [4.78, 5) is 12.1. The first kappa shape index (κ1) is 21.1. The highest BCUT2D eigenvalue weighted by molar-refractivity contribution is 6.10. The van der Waals surface area contributed by atoms with Gasteiger partial charge in [0.1, 0.15) is 23.7 Å². The zero-order chi connectivity index (χ0) is 21.7. The molecule has 0 aliphatic heterocycles. The van der Waals surface area contributed by atoms with E-state index in [9.17, 15) is 4.79 Å². The number of rotatable bonds is 9. The molecule has 0 saturated heterocycles. The normalized spacial score (nSPS) is 10.4. The number of benzene rings is 3. The predicted octanol–water partition coefficient (Wildman–Crippen LogP) is 4.27. The van der Waals surface area contributed by atoms with Crippen LogP contribution in [0.1, 0.15) is 15.9 Å². The largest absolute Gasteiger partial charge is 0.496 e. The molecule has 0 bridgehead atoms. The minimum atomic E-state index is 0.211. The molecule has 7 nitrogen and oxygen atoms in total. The summed E-state index contributed by atoms with van der Waals surface area (Å²) in [6.07, 6.45) is 0.678. The zero-order valence-corrected chi connectivity index (χ0v) is 17.6. The SMILES string of the molecule is COc1cc(OC)c2c(OC)c(C=O)c(OCc3ccccc3)c(OC)c2c1OC. The number of carbonyl (C=O) groups is 1. The number of carbonyl (C=O) groups excluding carboxylic acids is 1. The van der Waals surface area contributed by atoms with Crippen LogP contribution in [0.4, 0.5) is 0 Å². The summed E-state index contributed by atoms with van der Waals surface area (Å²) in [6, 6.07) is 11.3. The van der Waals surface area contributed by atoms with Crippen LogP contribution in [0.5, 0.6) is 34.5 Å². The fourth-order valence-corrected chi connectivity index (χ4v) is 3.43. The van der Waals surface area contributed by atoms with E-state index in [1.165, 1.54) is 35.5 Å². The fourth-order valence-electron chi connectivity index (χ4n) is 3.43. The molecule has 0 radical (unpaired) electrons. The van der Waals surface area contributed by atoms with Crippen LogP contribution in [0.15, 0.2) is 36.4 Å². The molecule has 3 rings (SSSR count). The van der Waals surface area contributed by atoms with E-state index in [4.69, 9.17) is 28.4 Å². The summed E-state index contributed by atoms with van der Waals surface area (Å²) in [7, 11) is 7.54. The van der Waals surface area contributed by atoms with Crippen molar-refractivity contribution in [2.45, 2.75) is 6.61 Å². The second-order valence-electron chi connectivity index (χ2n) is 6.27. The summed E-state index contributed by atoms with van der Waals surface area (Å²) in [6.45, 7) is 0.232. The molecule has 0 amide bonds. The van der Waals surface area contributed by atoms with E-state index in [1.54, 1.807) is 6.07 Å². The van der Waals surface area contributed by atoms with Gasteiger partial charge in [-0.1, -0.05) is 30.3 Å². The van der Waals surface area contributed by atoms with Gasteiger partial charge in [-0.05, 0) is 5.56 Å². The van der Waals surface area contributed by atoms with Gasteiger partial charge in [-0.25, -0.2) is 0 Å². The Bertz CT molecular complexity index is 1050. The van der Waals surface area contributed by atoms with E-state index in [-0.39, 0.29) is 17.9 Å². The van der Waals surface area contributed by atoms with Crippen LogP contribution in [-0.2, 0) is 6.61 Å². The molecule has 3 aromatic rings. The summed E-state index contributed by atoms with van der Waals surface area (Å²) in [5, 5.41) is 1.03. The van der Waals surface area contributed by atoms with Gasteiger partial charge >= 0.3 is 0 Å². The van der Waals surface area contributed by atoms with Crippen LogP contribution in [0.3, 0.4) is 0 Å². The number of aldehydes is 1. The van der Waals surface area contributed by atoms with E-state index in [0.717, 1.165) is 5.56 Å². The lowest BCUT2D eigenvalue weighted by Crippen LogP contribution is -2.06. The van der Waals surface area contributed by atoms with Crippen molar-refractivity contribution in [2.24, 2.45) is 0 Å². The van der Waals surface area contributed by atoms with Gasteiger partial charge in [0.2, 0.25) is 0 Å². The third-order valence-corrected chi connectivity index (χ3v) is 4.76. The molecule has 0 heterocycles. The Balaban J connectivity index is 2.38. The van der Waals surface area contributed by atoms with Gasteiger partial charge in [-0.2, -0.15) is 0 Å². The Morgan fingerprint density at radius 1 is 0.700 bits per heavy atom. The van der Waals surface area contributed by atoms with Crippen LogP contribution in [0.25, 0.3) is 10.8 Å². The Kier molecular flexibility index (Phi) is 6.51. The Labute approximate surface area is 175 Å². The van der Waals surface area contributed by atoms with Gasteiger partial charge in [0.25, 0.3) is 0 Å². The molecule has 7 heteroatoms. The monoisotopic (exact) mass is 412 g/mol. The molecule has 0 fully saturated rings. The van der Waals surface area contributed by atoms with Gasteiger partial charge in [0, 0.05) is 6.07 Å². The molecule has 0 aromatic heterocycles. The lowest BCUT2D eigenvalue weighted by Gasteiger charge is -2.22. The predicted molar refractivity (Wildman–Crippen MR) is 113 cm³/mol. The third-order valence-electron chi connectivity index (χ3n) is 4.76. The first-order valence-electron chi connectivity index (χ1n) is 9.17. The molecule has 0 N–H and O–H groups in total. The molecular weight excluding hydrogens is 388 g/mol. The molecule has 0 saturated carbocycles. The molecule has 0 spiro atoms. The highest BCUT2D eigenvalue weighted by Gasteiger charge is 2.29. The maximum Gasteiger partial charge on any atom is 0.176 e. The van der Waals surface area contributed by atoms with Crippen LogP contribution < -0.4 is 28.4 Å². The highest BCUT2D eigenvalue weighted by Crippen LogP contribution is 2.54. The average Bonchev–Trinajstić information content (AvgIpc) is 2.80. The van der Waals surface area contributed by atoms with E-state index < -0.39 is 0 Å². The minimum absolute atomic E-state index is 0.211. The van der Waals surface area contributed by atoms with Crippen molar-refractivity contribution in [2.75, 3.05) is 35.5 Å². The Morgan fingerprint density at radius 3 is 1.87 bits per heavy atom. The van der Waals surface area contributed by atoms with Crippen molar-refractivity contribution in [1.82, 2.24) is 0 Å². The number of hydrogen-bond acceptors (Lipinski definition) is 7. The molecular formula is C23H24O7. The van der Waals surface area contributed by atoms with E-state index >= 15 is 0 Å². The van der Waals surface area contributed by atoms with Crippen molar-refractivity contribution >= 4 is 17.1 Å². The molecule has 3 aromatic carbocycles. The fraction of sp³-hybridized carbons (Fsp3) is 0.261. The molecule has 0 unspecified atom stereocenters. The van der Waals surface area contributed by atoms with Crippen molar-refractivity contribution < 1.29 is 33.2 Å². The molecule has 30 heavy (non-hydrogen) atoms. The van der Waals surface area contributed by atoms with E-state index in [2.05, 4.69) is 0 Å². The van der Waals surface area contributed by atoms with Gasteiger partial charge < -0.3 is 28.4 Å². The maximum atomic E-state index is 12.1. The van der Waals surface area contributed by atoms with Crippen LogP contribution in [0.2, 0.25) is 0 Å². The Morgan fingerprint density at radius 2 is 1.33 bits per heavy atom. The maximum absolute atomic E-state index is 12.1. The zero-order valence-electron chi connectivity index (χ0n) is 17.6. The second-order valence-corrected chi connectivity index (χ2v) is 6.27. The van der Waals surface area contributed by atoms with Crippen molar-refractivity contribution in [1.29, 1.82) is 0 Å². The van der Waals surface area contributed by atoms with Gasteiger partial charge in [0.05, 0.1) is 46.3 Å². The molecule has 0 atom stereocenters. The third kappa shape index (κ3) is 3.54. The Hall–Kier alpha value is -3.61. The first-order chi connectivity index (χ1) is 14.6. The lowest BCUT2D eigenvalue weighted by atomic mass is 10.0. The summed E-state index contributed by atoms with van der Waals surface area (Å²) in [5.74, 6) is 2.14. The van der Waals surface area contributed by atoms with Crippen molar-refractivity contribution in [3.05, 3.63) is 47.5 Å². The second kappa shape index (κ2) is 9.26. The van der Waals surface area contributed by atoms with E-state index in [0.29, 0.717) is 45.8 Å². The minimum Gasteiger partial charge on any atom is -0.496 e. The topological polar surface area (TPSA) is 72.5 Å². The number of fused-ring (bicyclic) bond motifs is 1. The number of ether oxygens (including phenoxy) is 6. The van der Waals surface area contributed by atoms with Crippen LogP contribution in [0, 0.1) is 0 Å². The summed E-state index contributed by atoms with van der Waals surface area (Å²) < 4.78 is 34.0. The summed E-state index contributed by atoms with van der Waals surface area (Å²) >= 11 is 0. The standard InChI is InChI=1S/C23H24O7/c1-25-16-11-17(26-2)22(28-4)19-18(16)20(27-3)15(12-24)21(23(19)29-5)30-13-14-9-7-6-8-10-14/h6-12H,13H2,1-5H3. The lowest BCUT2D eigenvalue weighted by molar-refractivity contribution is 0.111. The van der Waals surface area contributed by atoms with Crippen molar-refractivity contribution in [3.8, 4) is 34.5 Å². The van der Waals surface area contributed by atoms with Gasteiger partial charge in [-0.15, -0.1) is 0 Å². The molecule has 0 aliphatic carbocycles. The van der Waals surface area contributed by atoms with E-state index in [1.807, 2.05) is 30.3 Å². The van der Waals surface area contributed by atoms with Crippen molar-refractivity contribution in [3.63, 3.8) is 0 Å². The molecule has 0 aliphatic rings. The van der Waals surface area contributed by atoms with Crippen LogP contribution in [-0.4, -0.2) is 41.8 Å². The highest BCUT2D eigenvalue weighted by atomic mass is 16.5. The number of methoxy groups -OCH3 is 5. The van der Waals surface area contributed by atoms with Gasteiger partial charge in [-0.3, -0.25) is 4.79 Å². The van der Waals surface area contributed by atoms with Crippen LogP contribution >= 0.6 is 0 Å². The number of hydrogen-bond donors (Lipinski definition) is 0. The van der Waals surface area contributed by atoms with Gasteiger partial charge in [0.15, 0.2) is 29.3 Å².